The molecule has 0 aliphatic heterocycles. The number of benzene rings is 4. The molecule has 138 valence electrons. The lowest BCUT2D eigenvalue weighted by molar-refractivity contribution is 1.49. The first-order valence-corrected chi connectivity index (χ1v) is 9.65. The zero-order chi connectivity index (χ0) is 20.2. The second kappa shape index (κ2) is 5.98. The van der Waals surface area contributed by atoms with Crippen molar-refractivity contribution in [1.82, 2.24) is 9.97 Å². The highest BCUT2D eigenvalue weighted by Gasteiger charge is 2.10. The van der Waals surface area contributed by atoms with Crippen LogP contribution in [0.3, 0.4) is 0 Å². The van der Waals surface area contributed by atoms with Crippen LogP contribution in [0.25, 0.3) is 54.7 Å². The van der Waals surface area contributed by atoms with E-state index in [0.29, 0.717) is 11.1 Å². The lowest BCUT2D eigenvalue weighted by Gasteiger charge is -2.03. The summed E-state index contributed by atoms with van der Waals surface area (Å²) >= 11 is 0. The van der Waals surface area contributed by atoms with Crippen LogP contribution in [0.4, 0.5) is 0 Å². The van der Waals surface area contributed by atoms with E-state index < -0.39 is 0 Å². The van der Waals surface area contributed by atoms with Crippen LogP contribution in [0.5, 0.6) is 0 Å². The Kier molecular flexibility index (Phi) is 3.27. The highest BCUT2D eigenvalue weighted by molar-refractivity contribution is 6.11. The number of nitriles is 2. The molecule has 2 aromatic heterocycles. The highest BCUT2D eigenvalue weighted by Crippen LogP contribution is 2.34. The van der Waals surface area contributed by atoms with Gasteiger partial charge in [-0.05, 0) is 71.8 Å². The van der Waals surface area contributed by atoms with E-state index in [1.807, 2.05) is 36.4 Å². The zero-order valence-corrected chi connectivity index (χ0v) is 15.8. The van der Waals surface area contributed by atoms with E-state index in [1.165, 1.54) is 0 Å². The Hall–Kier alpha value is -4.54. The van der Waals surface area contributed by atoms with Crippen molar-refractivity contribution in [2.45, 2.75) is 0 Å². The van der Waals surface area contributed by atoms with Gasteiger partial charge in [-0.2, -0.15) is 10.5 Å². The van der Waals surface area contributed by atoms with Gasteiger partial charge in [0.1, 0.15) is 0 Å². The molecule has 0 atom stereocenters. The van der Waals surface area contributed by atoms with Crippen molar-refractivity contribution in [3.05, 3.63) is 83.9 Å². The molecule has 30 heavy (non-hydrogen) atoms. The van der Waals surface area contributed by atoms with E-state index in [4.69, 9.17) is 0 Å². The first kappa shape index (κ1) is 16.4. The number of hydrogen-bond acceptors (Lipinski definition) is 2. The largest absolute Gasteiger partial charge is 0.355 e. The number of H-pyrrole nitrogens is 2. The zero-order valence-electron chi connectivity index (χ0n) is 15.8. The van der Waals surface area contributed by atoms with Crippen LogP contribution >= 0.6 is 0 Å². The number of nitrogens with zero attached hydrogens (tertiary/aromatic N) is 2. The maximum absolute atomic E-state index is 9.26. The smallest absolute Gasteiger partial charge is 0.0991 e. The van der Waals surface area contributed by atoms with Crippen molar-refractivity contribution >= 4 is 43.6 Å². The SMILES string of the molecule is N#Cc1ccc2[nH]c3ccc(-c4ccc5[nH]c6ccc(C#N)cc6c5c4)cc3c2c1. The normalized spacial score (nSPS) is 11.3. The van der Waals surface area contributed by atoms with Crippen LogP contribution in [-0.2, 0) is 0 Å². The number of aromatic amines is 2. The lowest BCUT2D eigenvalue weighted by Crippen LogP contribution is -1.79. The Morgan fingerprint density at radius 1 is 0.467 bits per heavy atom. The van der Waals surface area contributed by atoms with Gasteiger partial charge < -0.3 is 9.97 Å². The molecule has 0 saturated carbocycles. The van der Waals surface area contributed by atoms with Gasteiger partial charge >= 0.3 is 0 Å². The van der Waals surface area contributed by atoms with E-state index in [0.717, 1.165) is 54.7 Å². The first-order valence-electron chi connectivity index (χ1n) is 9.65. The fourth-order valence-electron chi connectivity index (χ4n) is 4.29. The Balaban J connectivity index is 1.58. The topological polar surface area (TPSA) is 79.2 Å². The van der Waals surface area contributed by atoms with Crippen LogP contribution < -0.4 is 0 Å². The fourth-order valence-corrected chi connectivity index (χ4v) is 4.29. The Labute approximate surface area is 171 Å². The lowest BCUT2D eigenvalue weighted by atomic mass is 10.00. The van der Waals surface area contributed by atoms with Crippen LogP contribution in [0.2, 0.25) is 0 Å². The summed E-state index contributed by atoms with van der Waals surface area (Å²) in [5.41, 5.74) is 7.68. The van der Waals surface area contributed by atoms with Gasteiger partial charge in [-0.3, -0.25) is 0 Å². The molecule has 0 bridgehead atoms. The third kappa shape index (κ3) is 2.32. The number of fused-ring (bicyclic) bond motifs is 6. The maximum Gasteiger partial charge on any atom is 0.0991 e. The molecule has 0 fully saturated rings. The van der Waals surface area contributed by atoms with Gasteiger partial charge in [0, 0.05) is 43.6 Å². The summed E-state index contributed by atoms with van der Waals surface area (Å²) in [7, 11) is 0. The van der Waals surface area contributed by atoms with Gasteiger partial charge in [0.05, 0.1) is 23.3 Å². The third-order valence-electron chi connectivity index (χ3n) is 5.79. The summed E-state index contributed by atoms with van der Waals surface area (Å²) in [6, 6.07) is 28.6. The molecule has 0 unspecified atom stereocenters. The summed E-state index contributed by atoms with van der Waals surface area (Å²) < 4.78 is 0. The fraction of sp³-hybridized carbons (Fsp3) is 0. The summed E-state index contributed by atoms with van der Waals surface area (Å²) in [5.74, 6) is 0. The molecule has 0 aliphatic rings. The Morgan fingerprint density at radius 3 is 1.23 bits per heavy atom. The van der Waals surface area contributed by atoms with Gasteiger partial charge in [0.2, 0.25) is 0 Å². The van der Waals surface area contributed by atoms with E-state index in [2.05, 4.69) is 58.5 Å². The third-order valence-corrected chi connectivity index (χ3v) is 5.79. The van der Waals surface area contributed by atoms with Gasteiger partial charge in [0.15, 0.2) is 0 Å². The molecule has 4 nitrogen and oxygen atoms in total. The molecule has 0 amide bonds. The number of hydrogen-bond donors (Lipinski definition) is 2. The summed E-state index contributed by atoms with van der Waals surface area (Å²) in [4.78, 5) is 6.85. The van der Waals surface area contributed by atoms with Gasteiger partial charge in [-0.1, -0.05) is 12.1 Å². The molecule has 0 spiro atoms. The second-order valence-corrected chi connectivity index (χ2v) is 7.52. The number of nitrogens with one attached hydrogen (secondary N) is 2. The van der Waals surface area contributed by atoms with Gasteiger partial charge in [-0.25, -0.2) is 0 Å². The van der Waals surface area contributed by atoms with Crippen molar-refractivity contribution in [2.24, 2.45) is 0 Å². The molecule has 2 heterocycles. The molecule has 4 aromatic carbocycles. The van der Waals surface area contributed by atoms with Crippen molar-refractivity contribution in [2.75, 3.05) is 0 Å². The minimum atomic E-state index is 0.655. The highest BCUT2D eigenvalue weighted by atomic mass is 14.7. The number of aromatic nitrogens is 2. The molecule has 0 saturated heterocycles. The van der Waals surface area contributed by atoms with Gasteiger partial charge in [0.25, 0.3) is 0 Å². The molecule has 2 N–H and O–H groups in total. The van der Waals surface area contributed by atoms with Crippen LogP contribution in [0.15, 0.2) is 72.8 Å². The second-order valence-electron chi connectivity index (χ2n) is 7.52. The molecule has 4 heteroatoms. The minimum Gasteiger partial charge on any atom is -0.355 e. The number of rotatable bonds is 1. The standard InChI is InChI=1S/C26H14N4/c27-13-15-1-5-23-19(9-15)21-11-17(3-7-25(21)29-23)18-4-8-26-22(12-18)20-10-16(14-28)2-6-24(20)30-26/h1-12,29-30H. The maximum atomic E-state index is 9.26. The van der Waals surface area contributed by atoms with Crippen molar-refractivity contribution in [3.63, 3.8) is 0 Å². The van der Waals surface area contributed by atoms with Gasteiger partial charge in [-0.15, -0.1) is 0 Å². The average Bonchev–Trinajstić information content (AvgIpc) is 3.35. The molecule has 6 aromatic rings. The van der Waals surface area contributed by atoms with Crippen LogP contribution in [-0.4, -0.2) is 9.97 Å². The molecule has 6 rings (SSSR count). The first-order chi connectivity index (χ1) is 14.7. The monoisotopic (exact) mass is 382 g/mol. The predicted octanol–water partition coefficient (Wildman–Crippen LogP) is 6.37. The van der Waals surface area contributed by atoms with E-state index in [-0.39, 0.29) is 0 Å². The summed E-state index contributed by atoms with van der Waals surface area (Å²) in [6.45, 7) is 0. The Bertz CT molecular complexity index is 1590. The van der Waals surface area contributed by atoms with Crippen molar-refractivity contribution < 1.29 is 0 Å². The molecule has 0 radical (unpaired) electrons. The van der Waals surface area contributed by atoms with Crippen LogP contribution in [0.1, 0.15) is 11.1 Å². The summed E-state index contributed by atoms with van der Waals surface area (Å²) in [5, 5.41) is 22.8. The van der Waals surface area contributed by atoms with Crippen LogP contribution in [0, 0.1) is 22.7 Å². The van der Waals surface area contributed by atoms with E-state index >= 15 is 0 Å². The molecular weight excluding hydrogens is 368 g/mol. The average molecular weight is 382 g/mol. The quantitative estimate of drug-likeness (QED) is 0.347. The summed E-state index contributed by atoms with van der Waals surface area (Å²) in [6.07, 6.45) is 0. The predicted molar refractivity (Wildman–Crippen MR) is 120 cm³/mol. The van der Waals surface area contributed by atoms with Crippen molar-refractivity contribution in [3.8, 4) is 23.3 Å². The van der Waals surface area contributed by atoms with E-state index in [9.17, 15) is 10.5 Å². The molecule has 0 aliphatic carbocycles. The van der Waals surface area contributed by atoms with Crippen molar-refractivity contribution in [1.29, 1.82) is 10.5 Å². The molecular formula is C26H14N4. The minimum absolute atomic E-state index is 0.655. The Morgan fingerprint density at radius 2 is 0.833 bits per heavy atom. The van der Waals surface area contributed by atoms with E-state index in [1.54, 1.807) is 0 Å².